The maximum Gasteiger partial charge on any atom is 0.267 e. The molecule has 3 rings (SSSR count). The Hall–Kier alpha value is -2.05. The van der Waals surface area contributed by atoms with Crippen LogP contribution in [0.3, 0.4) is 0 Å². The molecule has 4 nitrogen and oxygen atoms in total. The largest absolute Gasteiger partial charge is 0.320 e. The number of hydrogen-bond acceptors (Lipinski definition) is 4. The lowest BCUT2D eigenvalue weighted by atomic mass is 10.2. The Bertz CT molecular complexity index is 800. The highest BCUT2D eigenvalue weighted by molar-refractivity contribution is 9.10. The second-order valence-electron chi connectivity index (χ2n) is 4.62. The Balaban J connectivity index is 1.84. The molecule has 0 bridgehead atoms. The van der Waals surface area contributed by atoms with Crippen molar-refractivity contribution in [2.45, 2.75) is 6.92 Å². The fourth-order valence-corrected chi connectivity index (χ4v) is 3.15. The van der Waals surface area contributed by atoms with E-state index in [0.717, 1.165) is 20.9 Å². The summed E-state index contributed by atoms with van der Waals surface area (Å²) in [7, 11) is 0. The van der Waals surface area contributed by atoms with Crippen LogP contribution in [-0.4, -0.2) is 15.9 Å². The number of nitrogens with one attached hydrogen (secondary N) is 1. The van der Waals surface area contributed by atoms with E-state index in [1.165, 1.54) is 11.3 Å². The van der Waals surface area contributed by atoms with Gasteiger partial charge in [0.2, 0.25) is 0 Å². The van der Waals surface area contributed by atoms with Crippen molar-refractivity contribution >= 4 is 38.9 Å². The first kappa shape index (κ1) is 14.9. The van der Waals surface area contributed by atoms with Crippen molar-refractivity contribution in [3.63, 3.8) is 0 Å². The molecule has 110 valence electrons. The van der Waals surface area contributed by atoms with Gasteiger partial charge in [0.15, 0.2) is 0 Å². The van der Waals surface area contributed by atoms with Crippen LogP contribution < -0.4 is 5.32 Å². The summed E-state index contributed by atoms with van der Waals surface area (Å²) in [6, 6.07) is 13.4. The SMILES string of the molecule is Cc1nc(-c2ccccc2)sc1C(=O)Nc1ccc(Br)nc1. The maximum atomic E-state index is 12.4. The normalized spacial score (nSPS) is 10.5. The number of carbonyl (C=O) groups is 1. The van der Waals surface area contributed by atoms with Crippen molar-refractivity contribution in [3.8, 4) is 10.6 Å². The number of hydrogen-bond donors (Lipinski definition) is 1. The summed E-state index contributed by atoms with van der Waals surface area (Å²) < 4.78 is 0.728. The first-order valence-electron chi connectivity index (χ1n) is 6.59. The summed E-state index contributed by atoms with van der Waals surface area (Å²) in [5.74, 6) is -0.165. The van der Waals surface area contributed by atoms with E-state index in [1.807, 2.05) is 37.3 Å². The summed E-state index contributed by atoms with van der Waals surface area (Å²) in [4.78, 5) is 21.6. The molecule has 0 atom stereocenters. The van der Waals surface area contributed by atoms with Gasteiger partial charge >= 0.3 is 0 Å². The Labute approximate surface area is 140 Å². The molecular formula is C16H12BrN3OS. The predicted molar refractivity (Wildman–Crippen MR) is 92.2 cm³/mol. The highest BCUT2D eigenvalue weighted by Crippen LogP contribution is 2.28. The van der Waals surface area contributed by atoms with Gasteiger partial charge in [-0.1, -0.05) is 30.3 Å². The van der Waals surface area contributed by atoms with E-state index in [4.69, 9.17) is 0 Å². The topological polar surface area (TPSA) is 54.9 Å². The van der Waals surface area contributed by atoms with Gasteiger partial charge in [-0.15, -0.1) is 11.3 Å². The van der Waals surface area contributed by atoms with Crippen molar-refractivity contribution < 1.29 is 4.79 Å². The van der Waals surface area contributed by atoms with Gasteiger partial charge in [0, 0.05) is 5.56 Å². The van der Waals surface area contributed by atoms with Crippen LogP contribution in [0.2, 0.25) is 0 Å². The fraction of sp³-hybridized carbons (Fsp3) is 0.0625. The number of carbonyl (C=O) groups excluding carboxylic acids is 1. The number of pyridine rings is 1. The molecule has 22 heavy (non-hydrogen) atoms. The van der Waals surface area contributed by atoms with Crippen LogP contribution in [-0.2, 0) is 0 Å². The van der Waals surface area contributed by atoms with E-state index in [1.54, 1.807) is 18.3 Å². The Morgan fingerprint density at radius 1 is 1.18 bits per heavy atom. The molecule has 0 aliphatic heterocycles. The minimum atomic E-state index is -0.165. The molecular weight excluding hydrogens is 362 g/mol. The van der Waals surface area contributed by atoms with Crippen LogP contribution in [0.25, 0.3) is 10.6 Å². The van der Waals surface area contributed by atoms with Gasteiger partial charge in [-0.05, 0) is 35.0 Å². The lowest BCUT2D eigenvalue weighted by molar-refractivity contribution is 0.103. The predicted octanol–water partition coefficient (Wildman–Crippen LogP) is 4.53. The van der Waals surface area contributed by atoms with Crippen molar-refractivity contribution in [2.24, 2.45) is 0 Å². The first-order valence-corrected chi connectivity index (χ1v) is 8.20. The number of aromatic nitrogens is 2. The fourth-order valence-electron chi connectivity index (χ4n) is 1.95. The molecule has 0 fully saturated rings. The van der Waals surface area contributed by atoms with Crippen LogP contribution >= 0.6 is 27.3 Å². The van der Waals surface area contributed by atoms with E-state index in [2.05, 4.69) is 31.2 Å². The zero-order valence-corrected chi connectivity index (χ0v) is 14.1. The quantitative estimate of drug-likeness (QED) is 0.686. The van der Waals surface area contributed by atoms with Crippen LogP contribution in [0.15, 0.2) is 53.3 Å². The first-order chi connectivity index (χ1) is 10.6. The number of benzene rings is 1. The van der Waals surface area contributed by atoms with Crippen LogP contribution in [0.4, 0.5) is 5.69 Å². The molecule has 1 amide bonds. The maximum absolute atomic E-state index is 12.4. The lowest BCUT2D eigenvalue weighted by Crippen LogP contribution is -2.11. The molecule has 0 saturated heterocycles. The number of thiazole rings is 1. The Kier molecular flexibility index (Phi) is 4.31. The van der Waals surface area contributed by atoms with Gasteiger partial charge in [-0.2, -0.15) is 0 Å². The number of rotatable bonds is 3. The summed E-state index contributed by atoms with van der Waals surface area (Å²) in [5.41, 5.74) is 2.40. The lowest BCUT2D eigenvalue weighted by Gasteiger charge is -2.03. The van der Waals surface area contributed by atoms with Crippen LogP contribution in [0.1, 0.15) is 15.4 Å². The van der Waals surface area contributed by atoms with Crippen molar-refractivity contribution in [1.82, 2.24) is 9.97 Å². The molecule has 0 radical (unpaired) electrons. The molecule has 2 heterocycles. The van der Waals surface area contributed by atoms with Gasteiger partial charge in [0.05, 0.1) is 17.6 Å². The zero-order chi connectivity index (χ0) is 15.5. The minimum Gasteiger partial charge on any atom is -0.320 e. The third-order valence-corrected chi connectivity index (χ3v) is 4.68. The summed E-state index contributed by atoms with van der Waals surface area (Å²) >= 11 is 4.66. The van der Waals surface area contributed by atoms with Gasteiger partial charge < -0.3 is 5.32 Å². The second-order valence-corrected chi connectivity index (χ2v) is 6.43. The van der Waals surface area contributed by atoms with Crippen molar-refractivity contribution in [3.05, 3.63) is 63.8 Å². The van der Waals surface area contributed by atoms with E-state index >= 15 is 0 Å². The third kappa shape index (κ3) is 3.23. The molecule has 2 aromatic heterocycles. The summed E-state index contributed by atoms with van der Waals surface area (Å²) in [6.45, 7) is 1.84. The molecule has 0 saturated carbocycles. The number of anilines is 1. The Morgan fingerprint density at radius 3 is 2.64 bits per heavy atom. The van der Waals surface area contributed by atoms with E-state index in [-0.39, 0.29) is 5.91 Å². The van der Waals surface area contributed by atoms with Crippen LogP contribution in [0, 0.1) is 6.92 Å². The van der Waals surface area contributed by atoms with E-state index < -0.39 is 0 Å². The minimum absolute atomic E-state index is 0.165. The van der Waals surface area contributed by atoms with Crippen molar-refractivity contribution in [2.75, 3.05) is 5.32 Å². The van der Waals surface area contributed by atoms with E-state index in [9.17, 15) is 4.79 Å². The zero-order valence-electron chi connectivity index (χ0n) is 11.7. The summed E-state index contributed by atoms with van der Waals surface area (Å²) in [6.07, 6.45) is 1.61. The van der Waals surface area contributed by atoms with Gasteiger partial charge in [-0.3, -0.25) is 4.79 Å². The molecule has 1 N–H and O–H groups in total. The molecule has 0 aliphatic rings. The average Bonchev–Trinajstić information content (AvgIpc) is 2.92. The number of nitrogens with zero attached hydrogens (tertiary/aromatic N) is 2. The third-order valence-electron chi connectivity index (χ3n) is 3.01. The standard InChI is InChI=1S/C16H12BrN3OS/c1-10-14(15(21)20-12-7-8-13(17)18-9-12)22-16(19-10)11-5-3-2-4-6-11/h2-9H,1H3,(H,20,21). The molecule has 1 aromatic carbocycles. The highest BCUT2D eigenvalue weighted by atomic mass is 79.9. The highest BCUT2D eigenvalue weighted by Gasteiger charge is 2.16. The smallest absolute Gasteiger partial charge is 0.267 e. The molecule has 6 heteroatoms. The molecule has 0 unspecified atom stereocenters. The monoisotopic (exact) mass is 373 g/mol. The van der Waals surface area contributed by atoms with E-state index in [0.29, 0.717) is 10.6 Å². The van der Waals surface area contributed by atoms with Crippen molar-refractivity contribution in [1.29, 1.82) is 0 Å². The second kappa shape index (κ2) is 6.37. The molecule has 3 aromatic rings. The van der Waals surface area contributed by atoms with Gasteiger partial charge in [0.25, 0.3) is 5.91 Å². The summed E-state index contributed by atoms with van der Waals surface area (Å²) in [5, 5.41) is 3.68. The average molecular weight is 374 g/mol. The van der Waals surface area contributed by atoms with Gasteiger partial charge in [-0.25, -0.2) is 9.97 Å². The number of amides is 1. The Morgan fingerprint density at radius 2 is 1.95 bits per heavy atom. The molecule has 0 spiro atoms. The number of halogens is 1. The number of aryl methyl sites for hydroxylation is 1. The molecule has 0 aliphatic carbocycles. The van der Waals surface area contributed by atoms with Crippen LogP contribution in [0.5, 0.6) is 0 Å². The van der Waals surface area contributed by atoms with Gasteiger partial charge in [0.1, 0.15) is 14.5 Å².